The standard InChI is InChI=1S/ClH.Co.5H3N/h1H;;5*1H3/q;+1;;;;;/p-1. The van der Waals surface area contributed by atoms with E-state index in [1.54, 1.807) is 0 Å². The predicted molar refractivity (Wildman–Crippen MR) is 31.0 cm³/mol. The van der Waals surface area contributed by atoms with Crippen LogP contribution in [0.15, 0.2) is 0 Å². The van der Waals surface area contributed by atoms with Crippen LogP contribution in [0.2, 0.25) is 0 Å². The van der Waals surface area contributed by atoms with Gasteiger partial charge in [-0.25, -0.2) is 0 Å². The Balaban J connectivity index is -0.000000000500. The van der Waals surface area contributed by atoms with Crippen LogP contribution in [-0.2, 0) is 14.8 Å². The van der Waals surface area contributed by atoms with Crippen LogP contribution in [0.1, 0.15) is 0 Å². The zero-order valence-electron chi connectivity index (χ0n) is 4.25. The first-order chi connectivity index (χ1) is 1.00. The van der Waals surface area contributed by atoms with Gasteiger partial charge in [0.15, 0.2) is 0 Å². The summed E-state index contributed by atoms with van der Waals surface area (Å²) in [6.07, 6.45) is 0. The van der Waals surface area contributed by atoms with Gasteiger partial charge in [-0.2, -0.15) is 0 Å². The third-order valence-corrected chi connectivity index (χ3v) is 0. The fourth-order valence-electron chi connectivity index (χ4n) is 0. The summed E-state index contributed by atoms with van der Waals surface area (Å²) >= 11 is 3.03. The van der Waals surface area contributed by atoms with Gasteiger partial charge in [0.1, 0.15) is 0 Å². The molecule has 7 heavy (non-hydrogen) atoms. The topological polar surface area (TPSA) is 175 Å². The van der Waals surface area contributed by atoms with Crippen LogP contribution in [0.4, 0.5) is 0 Å². The molecule has 0 saturated heterocycles. The summed E-state index contributed by atoms with van der Waals surface area (Å²) in [5.41, 5.74) is 0. The van der Waals surface area contributed by atoms with E-state index >= 15 is 0 Å². The Bertz CT molecular complexity index is 8.04. The van der Waals surface area contributed by atoms with E-state index in [1.807, 2.05) is 0 Å². The Kier molecular flexibility index (Phi) is 10800. The Hall–Kier alpha value is 0.596. The number of halogens is 1. The van der Waals surface area contributed by atoms with Crippen molar-refractivity contribution < 1.29 is 14.8 Å². The first-order valence-electron chi connectivity index (χ1n) is 0.126. The number of hydrogen-bond acceptors (Lipinski definition) is 5. The van der Waals surface area contributed by atoms with E-state index in [2.05, 4.69) is 25.0 Å². The van der Waals surface area contributed by atoms with Gasteiger partial charge >= 0.3 is 25.0 Å². The summed E-state index contributed by atoms with van der Waals surface area (Å²) in [6.45, 7) is 0. The Labute approximate surface area is 56.3 Å². The molecule has 0 aromatic heterocycles. The first-order valence-corrected chi connectivity index (χ1v) is 1.56. The quantitative estimate of drug-likeness (QED) is 0.378. The molecule has 0 saturated carbocycles. The maximum atomic E-state index is 4.33. The van der Waals surface area contributed by atoms with E-state index < -0.39 is 0 Å². The fourth-order valence-corrected chi connectivity index (χ4v) is 0. The summed E-state index contributed by atoms with van der Waals surface area (Å²) in [5.74, 6) is 0. The summed E-state index contributed by atoms with van der Waals surface area (Å²) < 4.78 is 0. The van der Waals surface area contributed by atoms with Crippen molar-refractivity contribution >= 4 is 10.1 Å². The third kappa shape index (κ3) is 392. The molecule has 7 heteroatoms. The van der Waals surface area contributed by atoms with Gasteiger partial charge in [0.25, 0.3) is 0 Å². The second kappa shape index (κ2) is 581. The zero-order chi connectivity index (χ0) is 2.00. The van der Waals surface area contributed by atoms with Crippen LogP contribution in [0, 0.1) is 0 Å². The normalized spacial score (nSPS) is 1.00. The summed E-state index contributed by atoms with van der Waals surface area (Å²) in [5, 5.41) is 0. The molecular formula is H15ClCoN5. The Morgan fingerprint density at radius 1 is 0.571 bits per heavy atom. The minimum atomic E-state index is 0. The number of hydrogen-bond donors (Lipinski definition) is 5. The Morgan fingerprint density at radius 2 is 0.571 bits per heavy atom. The van der Waals surface area contributed by atoms with E-state index in [0.717, 1.165) is 0 Å². The molecule has 15 N–H and O–H groups in total. The summed E-state index contributed by atoms with van der Waals surface area (Å²) in [7, 11) is 4.33. The molecule has 0 rings (SSSR count). The van der Waals surface area contributed by atoms with Crippen molar-refractivity contribution in [3.05, 3.63) is 0 Å². The predicted octanol–water partition coefficient (Wildman–Crippen LogP) is 1.50. The molecule has 0 amide bonds. The molecule has 5 nitrogen and oxygen atoms in total. The van der Waals surface area contributed by atoms with Crippen molar-refractivity contribution in [2.24, 2.45) is 0 Å². The van der Waals surface area contributed by atoms with Crippen LogP contribution in [0.3, 0.4) is 0 Å². The van der Waals surface area contributed by atoms with Gasteiger partial charge in [0.2, 0.25) is 0 Å². The van der Waals surface area contributed by atoms with Gasteiger partial charge in [-0.3, -0.25) is 0 Å². The van der Waals surface area contributed by atoms with E-state index in [4.69, 9.17) is 0 Å². The SMILES string of the molecule is N.N.N.N.N.[Cl][Co]. The minimum absolute atomic E-state index is 0. The van der Waals surface area contributed by atoms with Crippen molar-refractivity contribution in [2.75, 3.05) is 0 Å². The average molecular weight is 180 g/mol. The molecule has 0 fully saturated rings. The summed E-state index contributed by atoms with van der Waals surface area (Å²) in [4.78, 5) is 0. The van der Waals surface area contributed by atoms with Crippen molar-refractivity contribution in [3.8, 4) is 0 Å². The van der Waals surface area contributed by atoms with Crippen LogP contribution in [0.25, 0.3) is 0 Å². The molecule has 0 aliphatic rings. The van der Waals surface area contributed by atoms with Crippen LogP contribution in [-0.4, -0.2) is 0 Å². The van der Waals surface area contributed by atoms with Gasteiger partial charge in [0, 0.05) is 0 Å². The van der Waals surface area contributed by atoms with E-state index in [0.29, 0.717) is 0 Å². The van der Waals surface area contributed by atoms with Crippen molar-refractivity contribution in [1.29, 1.82) is 0 Å². The van der Waals surface area contributed by atoms with E-state index in [-0.39, 0.29) is 30.8 Å². The molecule has 0 atom stereocenters. The molecule has 0 aliphatic carbocycles. The van der Waals surface area contributed by atoms with E-state index in [9.17, 15) is 0 Å². The van der Waals surface area contributed by atoms with Crippen LogP contribution in [0.5, 0.6) is 0 Å². The molecule has 0 aliphatic heterocycles. The molecule has 0 spiro atoms. The average Bonchev–Trinajstić information content (AvgIpc) is 1.00. The van der Waals surface area contributed by atoms with Gasteiger partial charge in [-0.1, -0.05) is 0 Å². The summed E-state index contributed by atoms with van der Waals surface area (Å²) in [6, 6.07) is 0. The Morgan fingerprint density at radius 3 is 0.571 bits per heavy atom. The van der Waals surface area contributed by atoms with Crippen molar-refractivity contribution in [1.82, 2.24) is 30.8 Å². The zero-order valence-corrected chi connectivity index (χ0v) is 6.04. The fraction of sp³-hybridized carbons (Fsp3) is 0. The molecule has 0 aromatic rings. The molecule has 0 unspecified atom stereocenters. The van der Waals surface area contributed by atoms with Crippen LogP contribution >= 0.6 is 10.1 Å². The number of rotatable bonds is 0. The van der Waals surface area contributed by atoms with Crippen molar-refractivity contribution in [3.63, 3.8) is 0 Å². The van der Waals surface area contributed by atoms with Crippen molar-refractivity contribution in [2.45, 2.75) is 0 Å². The van der Waals surface area contributed by atoms with Gasteiger partial charge < -0.3 is 30.8 Å². The molecule has 0 radical (unpaired) electrons. The third-order valence-electron chi connectivity index (χ3n) is 0. The molecule has 0 bridgehead atoms. The van der Waals surface area contributed by atoms with E-state index in [1.165, 1.54) is 0 Å². The van der Waals surface area contributed by atoms with Gasteiger partial charge in [-0.05, 0) is 0 Å². The van der Waals surface area contributed by atoms with Crippen LogP contribution < -0.4 is 30.8 Å². The van der Waals surface area contributed by atoms with Gasteiger partial charge in [0.05, 0.1) is 0 Å². The second-order valence-corrected chi connectivity index (χ2v) is 0. The monoisotopic (exact) mass is 179 g/mol. The molecule has 0 heterocycles. The first kappa shape index (κ1) is 130. The molecule has 56 valence electrons. The second-order valence-electron chi connectivity index (χ2n) is 0. The molecule has 0 aromatic carbocycles. The maximum absolute atomic E-state index is 4.33. The van der Waals surface area contributed by atoms with Gasteiger partial charge in [-0.15, -0.1) is 0 Å². The molecular weight excluding hydrogens is 164 g/mol.